The van der Waals surface area contributed by atoms with Gasteiger partial charge in [-0.1, -0.05) is 0 Å². The molecule has 0 aromatic heterocycles. The van der Waals surface area contributed by atoms with Crippen LogP contribution in [-0.4, -0.2) is 39.4 Å². The predicted molar refractivity (Wildman–Crippen MR) is 16.4 cm³/mol. The van der Waals surface area contributed by atoms with Crippen molar-refractivity contribution in [1.82, 2.24) is 0 Å². The molecule has 0 fully saturated rings. The van der Waals surface area contributed by atoms with Gasteiger partial charge in [-0.3, -0.25) is 0 Å². The summed E-state index contributed by atoms with van der Waals surface area (Å²) in [6.45, 7) is 0. The van der Waals surface area contributed by atoms with Gasteiger partial charge in [-0.15, -0.1) is 0 Å². The summed E-state index contributed by atoms with van der Waals surface area (Å²) in [7, 11) is 0. The fraction of sp³-hybridized carbons (Fsp3) is 0. The Hall–Kier alpha value is 0.0362. The summed E-state index contributed by atoms with van der Waals surface area (Å²) >= 11 is 0. The Balaban J connectivity index is 0. The minimum Gasteiger partial charge on any atom is -0.450 e. The van der Waals surface area contributed by atoms with Crippen molar-refractivity contribution in [3.8, 4) is 0 Å². The maximum Gasteiger partial charge on any atom is 2.00 e. The third-order valence-electron chi connectivity index (χ3n) is 0. The van der Waals surface area contributed by atoms with E-state index in [1.165, 1.54) is 0 Å². The van der Waals surface area contributed by atoms with Crippen LogP contribution < -0.4 is 0 Å². The van der Waals surface area contributed by atoms with E-state index in [-0.39, 0.29) is 23.1 Å². The molecule has 0 saturated carbocycles. The predicted octanol–water partition coefficient (Wildman–Crippen LogP) is -0.158. The Morgan fingerprint density at radius 2 is 1.40 bits per heavy atom. The van der Waals surface area contributed by atoms with Gasteiger partial charge in [-0.25, -0.2) is 4.79 Å². The van der Waals surface area contributed by atoms with Crippen LogP contribution in [0.25, 0.3) is 0 Å². The monoisotopic (exact) mass is 86.0 g/mol. The third kappa shape index (κ3) is 12700. The molecule has 0 aromatic carbocycles. The van der Waals surface area contributed by atoms with Crippen molar-refractivity contribution in [2.24, 2.45) is 0 Å². The first kappa shape index (κ1) is 8.90. The molecule has 0 spiro atoms. The van der Waals surface area contributed by atoms with E-state index >= 15 is 0 Å². The van der Waals surface area contributed by atoms with Crippen molar-refractivity contribution >= 4 is 29.2 Å². The minimum absolute atomic E-state index is 0. The van der Waals surface area contributed by atoms with Gasteiger partial charge in [0.1, 0.15) is 0 Å². The molecular formula is CH2MgO3+2. The van der Waals surface area contributed by atoms with E-state index in [4.69, 9.17) is 15.0 Å². The van der Waals surface area contributed by atoms with E-state index in [0.717, 1.165) is 0 Å². The van der Waals surface area contributed by atoms with Crippen molar-refractivity contribution in [2.75, 3.05) is 0 Å². The molecule has 5 heavy (non-hydrogen) atoms. The molecular weight excluding hydrogens is 84.3 g/mol. The molecule has 2 N–H and O–H groups in total. The average Bonchev–Trinajstić information content (AvgIpc) is 0.811. The topological polar surface area (TPSA) is 57.5 Å². The second-order valence-corrected chi connectivity index (χ2v) is 0.283. The summed E-state index contributed by atoms with van der Waals surface area (Å²) in [5.74, 6) is 0. The van der Waals surface area contributed by atoms with Gasteiger partial charge in [0.25, 0.3) is 0 Å². The van der Waals surface area contributed by atoms with E-state index in [1.807, 2.05) is 0 Å². The largest absolute Gasteiger partial charge is 2.00 e. The average molecular weight is 86.3 g/mol. The number of rotatable bonds is 0. The summed E-state index contributed by atoms with van der Waals surface area (Å²) in [5, 5.41) is 13.9. The van der Waals surface area contributed by atoms with Gasteiger partial charge in [0.05, 0.1) is 0 Å². The van der Waals surface area contributed by atoms with E-state index < -0.39 is 6.16 Å². The van der Waals surface area contributed by atoms with E-state index in [2.05, 4.69) is 0 Å². The van der Waals surface area contributed by atoms with Gasteiger partial charge in [0.2, 0.25) is 0 Å². The summed E-state index contributed by atoms with van der Waals surface area (Å²) < 4.78 is 0. The standard InChI is InChI=1S/CH2O3.Mg/c2-1(3)4;/h(H2,2,3,4);/q;+2. The first-order chi connectivity index (χ1) is 1.73. The second-order valence-electron chi connectivity index (χ2n) is 0.283. The Morgan fingerprint density at radius 3 is 1.40 bits per heavy atom. The zero-order chi connectivity index (χ0) is 3.58. The van der Waals surface area contributed by atoms with Crippen LogP contribution in [0.4, 0.5) is 4.79 Å². The van der Waals surface area contributed by atoms with Crippen LogP contribution in [-0.2, 0) is 0 Å². The van der Waals surface area contributed by atoms with Crippen LogP contribution in [0.5, 0.6) is 0 Å². The van der Waals surface area contributed by atoms with Gasteiger partial charge in [0.15, 0.2) is 0 Å². The Kier molecular flexibility index (Phi) is 7.18. The second kappa shape index (κ2) is 4.04. The van der Waals surface area contributed by atoms with Gasteiger partial charge in [-0.05, 0) is 0 Å². The van der Waals surface area contributed by atoms with Gasteiger partial charge < -0.3 is 10.2 Å². The minimum atomic E-state index is -1.83. The molecule has 0 amide bonds. The number of hydrogen-bond donors (Lipinski definition) is 2. The molecule has 0 aliphatic rings. The first-order valence-corrected chi connectivity index (χ1v) is 0.651. The normalized spacial score (nSPS) is 4.80. The van der Waals surface area contributed by atoms with Gasteiger partial charge in [-0.2, -0.15) is 0 Å². The molecule has 4 heteroatoms. The first-order valence-electron chi connectivity index (χ1n) is 0.651. The molecule has 0 aliphatic heterocycles. The molecule has 0 aliphatic carbocycles. The molecule has 0 unspecified atom stereocenters. The fourth-order valence-electron chi connectivity index (χ4n) is 0. The Morgan fingerprint density at radius 1 is 1.40 bits per heavy atom. The summed E-state index contributed by atoms with van der Waals surface area (Å²) in [5.41, 5.74) is 0. The molecule has 0 rings (SSSR count). The molecule has 0 saturated heterocycles. The number of carbonyl (C=O) groups is 1. The zero-order valence-corrected chi connectivity index (χ0v) is 3.92. The van der Waals surface area contributed by atoms with Crippen molar-refractivity contribution in [3.05, 3.63) is 0 Å². The van der Waals surface area contributed by atoms with Gasteiger partial charge in [0, 0.05) is 0 Å². The molecule has 0 radical (unpaired) electrons. The maximum atomic E-state index is 8.56. The van der Waals surface area contributed by atoms with Crippen LogP contribution in [0.3, 0.4) is 0 Å². The summed E-state index contributed by atoms with van der Waals surface area (Å²) in [6, 6.07) is 0. The molecule has 0 aromatic rings. The SMILES string of the molecule is O=C(O)O.[Mg+2]. The van der Waals surface area contributed by atoms with Crippen LogP contribution in [0, 0.1) is 0 Å². The Bertz CT molecular complexity index is 29.9. The molecule has 3 nitrogen and oxygen atoms in total. The molecule has 0 bridgehead atoms. The van der Waals surface area contributed by atoms with Crippen LogP contribution in [0.2, 0.25) is 0 Å². The van der Waals surface area contributed by atoms with Crippen molar-refractivity contribution < 1.29 is 15.0 Å². The quantitative estimate of drug-likeness (QED) is 0.403. The molecule has 0 heterocycles. The summed E-state index contributed by atoms with van der Waals surface area (Å²) in [4.78, 5) is 8.56. The van der Waals surface area contributed by atoms with Crippen LogP contribution in [0.15, 0.2) is 0 Å². The van der Waals surface area contributed by atoms with Crippen molar-refractivity contribution in [3.63, 3.8) is 0 Å². The molecule has 0 atom stereocenters. The van der Waals surface area contributed by atoms with Crippen molar-refractivity contribution in [2.45, 2.75) is 0 Å². The van der Waals surface area contributed by atoms with Crippen molar-refractivity contribution in [1.29, 1.82) is 0 Å². The van der Waals surface area contributed by atoms with Crippen LogP contribution >= 0.6 is 0 Å². The fourth-order valence-corrected chi connectivity index (χ4v) is 0. The van der Waals surface area contributed by atoms with E-state index in [9.17, 15) is 0 Å². The smallest absolute Gasteiger partial charge is 0.450 e. The zero-order valence-electron chi connectivity index (χ0n) is 2.51. The van der Waals surface area contributed by atoms with E-state index in [1.54, 1.807) is 0 Å². The maximum absolute atomic E-state index is 8.56. The molecule has 24 valence electrons. The summed E-state index contributed by atoms with van der Waals surface area (Å²) in [6.07, 6.45) is -1.83. The number of carboxylic acid groups (broad SMARTS) is 2. The number of hydrogen-bond acceptors (Lipinski definition) is 1. The van der Waals surface area contributed by atoms with Crippen LogP contribution in [0.1, 0.15) is 0 Å². The Labute approximate surface area is 44.8 Å². The third-order valence-corrected chi connectivity index (χ3v) is 0. The van der Waals surface area contributed by atoms with E-state index in [0.29, 0.717) is 0 Å². The van der Waals surface area contributed by atoms with Gasteiger partial charge >= 0.3 is 29.2 Å².